The number of halogens is 5. The summed E-state index contributed by atoms with van der Waals surface area (Å²) in [5.41, 5.74) is -1.05. The van der Waals surface area contributed by atoms with Gasteiger partial charge in [-0.2, -0.15) is 18.3 Å². The molecule has 0 atom stereocenters. The molecule has 3 rings (SSSR count). The van der Waals surface area contributed by atoms with Crippen molar-refractivity contribution in [3.63, 3.8) is 0 Å². The van der Waals surface area contributed by atoms with E-state index in [0.29, 0.717) is 10.2 Å². The van der Waals surface area contributed by atoms with Crippen molar-refractivity contribution >= 4 is 6.09 Å². The molecule has 10 heteroatoms. The monoisotopic (exact) mass is 411 g/mol. The van der Waals surface area contributed by atoms with Gasteiger partial charge in [-0.25, -0.2) is 18.3 Å². The smallest absolute Gasteiger partial charge is 0.406 e. The summed E-state index contributed by atoms with van der Waals surface area (Å²) in [7, 11) is 0. The summed E-state index contributed by atoms with van der Waals surface area (Å²) in [6.45, 7) is -0.0484. The molecule has 0 aliphatic carbocycles. The molecule has 1 aromatic heterocycles. The fourth-order valence-corrected chi connectivity index (χ4v) is 2.58. The fraction of sp³-hybridized carbons (Fsp3) is 0.158. The Morgan fingerprint density at radius 1 is 1.07 bits per heavy atom. The van der Waals surface area contributed by atoms with Gasteiger partial charge < -0.3 is 10.1 Å². The molecule has 1 amide bonds. The van der Waals surface area contributed by atoms with Crippen LogP contribution in [0.15, 0.2) is 54.7 Å². The molecule has 0 spiro atoms. The van der Waals surface area contributed by atoms with Crippen LogP contribution in [0.2, 0.25) is 0 Å². The average Bonchev–Trinajstić information content (AvgIpc) is 3.08. The van der Waals surface area contributed by atoms with Crippen molar-refractivity contribution in [1.82, 2.24) is 15.1 Å². The SMILES string of the molecule is O=C(NCCc1ccccc1F)Oc1cnn(-c2ccc(F)cc2)c1C(F)(F)F. The average molecular weight is 411 g/mol. The van der Waals surface area contributed by atoms with Gasteiger partial charge in [-0.3, -0.25) is 0 Å². The normalized spacial score (nSPS) is 11.3. The van der Waals surface area contributed by atoms with Gasteiger partial charge in [-0.1, -0.05) is 18.2 Å². The molecule has 1 heterocycles. The van der Waals surface area contributed by atoms with Gasteiger partial charge in [0.15, 0.2) is 11.4 Å². The first kappa shape index (κ1) is 20.3. The van der Waals surface area contributed by atoms with Gasteiger partial charge in [0.1, 0.15) is 11.6 Å². The van der Waals surface area contributed by atoms with Crippen molar-refractivity contribution in [2.75, 3.05) is 6.54 Å². The highest BCUT2D eigenvalue weighted by Gasteiger charge is 2.40. The van der Waals surface area contributed by atoms with Gasteiger partial charge in [0.05, 0.1) is 11.9 Å². The van der Waals surface area contributed by atoms with Gasteiger partial charge in [0.2, 0.25) is 0 Å². The zero-order chi connectivity index (χ0) is 21.0. The standard InChI is InChI=1S/C19H14F5N3O2/c20-13-5-7-14(8-6-13)27-17(19(22,23)24)16(11-26-27)29-18(28)25-10-9-12-3-1-2-4-15(12)21/h1-8,11H,9-10H2,(H,25,28). The van der Waals surface area contributed by atoms with E-state index in [-0.39, 0.29) is 18.7 Å². The highest BCUT2D eigenvalue weighted by molar-refractivity contribution is 5.70. The lowest BCUT2D eigenvalue weighted by molar-refractivity contribution is -0.143. The Bertz CT molecular complexity index is 1000. The van der Waals surface area contributed by atoms with E-state index in [1.165, 1.54) is 18.2 Å². The van der Waals surface area contributed by atoms with Gasteiger partial charge in [-0.15, -0.1) is 0 Å². The van der Waals surface area contributed by atoms with Crippen molar-refractivity contribution in [1.29, 1.82) is 0 Å². The summed E-state index contributed by atoms with van der Waals surface area (Å²) in [5.74, 6) is -1.90. The molecular formula is C19H14F5N3O2. The van der Waals surface area contributed by atoms with Gasteiger partial charge in [0.25, 0.3) is 0 Å². The fourth-order valence-electron chi connectivity index (χ4n) is 2.58. The Morgan fingerprint density at radius 3 is 2.41 bits per heavy atom. The molecule has 0 aliphatic heterocycles. The molecule has 152 valence electrons. The Kier molecular flexibility index (Phi) is 5.81. The number of carbonyl (C=O) groups excluding carboxylic acids is 1. The molecular weight excluding hydrogens is 397 g/mol. The Labute approximate surface area is 161 Å². The Balaban J connectivity index is 1.72. The first-order valence-corrected chi connectivity index (χ1v) is 8.36. The summed E-state index contributed by atoms with van der Waals surface area (Å²) in [6.07, 6.45) is -5.18. The van der Waals surface area contributed by atoms with E-state index in [1.54, 1.807) is 6.07 Å². The summed E-state index contributed by atoms with van der Waals surface area (Å²) < 4.78 is 72.3. The molecule has 0 unspecified atom stereocenters. The minimum atomic E-state index is -4.90. The predicted octanol–water partition coefficient (Wildman–Crippen LogP) is 4.50. The number of benzene rings is 2. The quantitative estimate of drug-likeness (QED) is 0.629. The molecule has 0 saturated heterocycles. The first-order chi connectivity index (χ1) is 13.8. The molecule has 1 N–H and O–H groups in total. The van der Waals surface area contributed by atoms with Crippen molar-refractivity contribution in [2.45, 2.75) is 12.6 Å². The first-order valence-electron chi connectivity index (χ1n) is 8.36. The largest absolute Gasteiger partial charge is 0.437 e. The van der Waals surface area contributed by atoms with E-state index < -0.39 is 35.3 Å². The second kappa shape index (κ2) is 8.29. The number of amides is 1. The number of carbonyl (C=O) groups is 1. The lowest BCUT2D eigenvalue weighted by Gasteiger charge is -2.13. The number of hydrogen-bond donors (Lipinski definition) is 1. The molecule has 0 saturated carbocycles. The zero-order valence-corrected chi connectivity index (χ0v) is 14.7. The topological polar surface area (TPSA) is 56.1 Å². The van der Waals surface area contributed by atoms with Crippen LogP contribution in [0.1, 0.15) is 11.3 Å². The van der Waals surface area contributed by atoms with E-state index >= 15 is 0 Å². The van der Waals surface area contributed by atoms with Crippen LogP contribution in [0, 0.1) is 11.6 Å². The van der Waals surface area contributed by atoms with E-state index in [2.05, 4.69) is 10.4 Å². The zero-order valence-electron chi connectivity index (χ0n) is 14.7. The lowest BCUT2D eigenvalue weighted by atomic mass is 10.1. The van der Waals surface area contributed by atoms with Crippen LogP contribution < -0.4 is 10.1 Å². The predicted molar refractivity (Wildman–Crippen MR) is 92.7 cm³/mol. The lowest BCUT2D eigenvalue weighted by Crippen LogP contribution is -2.29. The second-order valence-corrected chi connectivity index (χ2v) is 5.90. The van der Waals surface area contributed by atoms with Gasteiger partial charge in [0, 0.05) is 6.54 Å². The molecule has 0 bridgehead atoms. The third-order valence-corrected chi connectivity index (χ3v) is 3.90. The molecule has 2 aromatic carbocycles. The summed E-state index contributed by atoms with van der Waals surface area (Å²) in [6, 6.07) is 10.1. The minimum absolute atomic E-state index is 0.0484. The van der Waals surface area contributed by atoms with Gasteiger partial charge in [-0.05, 0) is 42.3 Å². The van der Waals surface area contributed by atoms with E-state index in [4.69, 9.17) is 4.74 Å². The molecule has 3 aromatic rings. The maximum absolute atomic E-state index is 13.5. The van der Waals surface area contributed by atoms with Crippen LogP contribution in [0.25, 0.3) is 5.69 Å². The van der Waals surface area contributed by atoms with Crippen LogP contribution in [0.5, 0.6) is 5.75 Å². The van der Waals surface area contributed by atoms with Crippen LogP contribution in [0.3, 0.4) is 0 Å². The van der Waals surface area contributed by atoms with E-state index in [0.717, 1.165) is 30.5 Å². The number of ether oxygens (including phenoxy) is 1. The second-order valence-electron chi connectivity index (χ2n) is 5.90. The van der Waals surface area contributed by atoms with Crippen molar-refractivity contribution in [3.8, 4) is 11.4 Å². The maximum atomic E-state index is 13.5. The molecule has 0 radical (unpaired) electrons. The van der Waals surface area contributed by atoms with Crippen LogP contribution in [-0.4, -0.2) is 22.4 Å². The van der Waals surface area contributed by atoms with Crippen molar-refractivity contribution in [3.05, 3.63) is 77.6 Å². The van der Waals surface area contributed by atoms with Crippen LogP contribution in [-0.2, 0) is 12.6 Å². The summed E-state index contributed by atoms with van der Waals surface area (Å²) >= 11 is 0. The van der Waals surface area contributed by atoms with Gasteiger partial charge >= 0.3 is 12.3 Å². The highest BCUT2D eigenvalue weighted by Crippen LogP contribution is 2.37. The number of nitrogens with zero attached hydrogens (tertiary/aromatic N) is 2. The van der Waals surface area contributed by atoms with Crippen molar-refractivity contribution in [2.24, 2.45) is 0 Å². The Hall–Kier alpha value is -3.43. The third-order valence-electron chi connectivity index (χ3n) is 3.90. The molecule has 0 aliphatic rings. The number of rotatable bonds is 5. The Morgan fingerprint density at radius 2 is 1.76 bits per heavy atom. The number of nitrogens with one attached hydrogen (secondary N) is 1. The number of hydrogen-bond acceptors (Lipinski definition) is 3. The summed E-state index contributed by atoms with van der Waals surface area (Å²) in [4.78, 5) is 11.9. The minimum Gasteiger partial charge on any atom is -0.406 e. The van der Waals surface area contributed by atoms with Crippen molar-refractivity contribution < 1.29 is 31.5 Å². The number of alkyl halides is 3. The van der Waals surface area contributed by atoms with Crippen LogP contribution >= 0.6 is 0 Å². The van der Waals surface area contributed by atoms with E-state index in [1.807, 2.05) is 0 Å². The maximum Gasteiger partial charge on any atom is 0.437 e. The third kappa shape index (κ3) is 4.89. The van der Waals surface area contributed by atoms with E-state index in [9.17, 15) is 26.7 Å². The summed E-state index contributed by atoms with van der Waals surface area (Å²) in [5, 5.41) is 5.85. The highest BCUT2D eigenvalue weighted by atomic mass is 19.4. The molecule has 29 heavy (non-hydrogen) atoms. The number of aromatic nitrogens is 2. The molecule has 5 nitrogen and oxygen atoms in total. The van der Waals surface area contributed by atoms with Crippen LogP contribution in [0.4, 0.5) is 26.7 Å². The molecule has 0 fully saturated rings.